The molecule has 0 nitrogen and oxygen atoms in total. The van der Waals surface area contributed by atoms with Gasteiger partial charge in [0.25, 0.3) is 0 Å². The first kappa shape index (κ1) is 24.2. The van der Waals surface area contributed by atoms with E-state index in [0.29, 0.717) is 0 Å². The van der Waals surface area contributed by atoms with Crippen LogP contribution in [0.15, 0.2) is 72.8 Å². The second-order valence-electron chi connectivity index (χ2n) is 8.50. The summed E-state index contributed by atoms with van der Waals surface area (Å²) in [5.74, 6) is 1.64. The first-order valence-corrected chi connectivity index (χ1v) is 19.1. The molecule has 5 rings (SSSR count). The summed E-state index contributed by atoms with van der Waals surface area (Å²) >= 11 is -2.13. The summed E-state index contributed by atoms with van der Waals surface area (Å²) in [5, 5.41) is 2.66. The van der Waals surface area contributed by atoms with E-state index in [0.717, 1.165) is 11.8 Å². The molecule has 0 bridgehead atoms. The van der Waals surface area contributed by atoms with Gasteiger partial charge in [0.2, 0.25) is 0 Å². The third-order valence-corrected chi connectivity index (χ3v) is 12.1. The predicted octanol–water partition coefficient (Wildman–Crippen LogP) is 9.21. The fourth-order valence-electron chi connectivity index (χ4n) is 4.86. The Morgan fingerprint density at radius 1 is 0.700 bits per heavy atom. The smallest absolute Gasteiger partial charge is 0.0809 e. The molecule has 3 aromatic rings. The van der Waals surface area contributed by atoms with E-state index in [2.05, 4.69) is 42.5 Å². The normalized spacial score (nSPS) is 17.4. The molecule has 3 heteroatoms. The zero-order valence-electron chi connectivity index (χ0n) is 17.9. The summed E-state index contributed by atoms with van der Waals surface area (Å²) in [7, 11) is 12.9. The fraction of sp³-hybridized carbons (Fsp3) is 0.444. The van der Waals surface area contributed by atoms with Crippen molar-refractivity contribution in [2.75, 3.05) is 0 Å². The van der Waals surface area contributed by atoms with Crippen molar-refractivity contribution in [2.24, 2.45) is 11.8 Å². The van der Waals surface area contributed by atoms with Crippen LogP contribution in [0.25, 0.3) is 10.8 Å². The number of rotatable bonds is 2. The van der Waals surface area contributed by atoms with Crippen LogP contribution < -0.4 is 0 Å². The quantitative estimate of drug-likeness (QED) is 0.296. The van der Waals surface area contributed by atoms with Crippen LogP contribution in [0.4, 0.5) is 0 Å². The SMILES string of the molecule is [Cl][Zr]([Cl])=[C](C1CCCCC1)C1CCCCC1.c1cc[cH-]c1.c1ccc2[cH-]ccc2c1. The van der Waals surface area contributed by atoms with Gasteiger partial charge < -0.3 is 0 Å². The summed E-state index contributed by atoms with van der Waals surface area (Å²) in [6.07, 6.45) is 14.0. The number of fused-ring (bicyclic) bond motifs is 1. The maximum Gasteiger partial charge on any atom is -0.0809 e. The van der Waals surface area contributed by atoms with Gasteiger partial charge in [0.1, 0.15) is 0 Å². The molecule has 0 aliphatic heterocycles. The van der Waals surface area contributed by atoms with E-state index >= 15 is 0 Å². The molecule has 0 atom stereocenters. The fourth-order valence-corrected chi connectivity index (χ4v) is 11.4. The monoisotopic (exact) mass is 518 g/mol. The molecule has 0 heterocycles. The molecule has 0 N–H and O–H groups in total. The van der Waals surface area contributed by atoms with E-state index in [4.69, 9.17) is 17.0 Å². The third-order valence-electron chi connectivity index (χ3n) is 6.41. The van der Waals surface area contributed by atoms with Gasteiger partial charge in [0.15, 0.2) is 0 Å². The van der Waals surface area contributed by atoms with Crippen LogP contribution in [0.2, 0.25) is 0 Å². The van der Waals surface area contributed by atoms with E-state index < -0.39 is 18.9 Å². The van der Waals surface area contributed by atoms with Crippen molar-refractivity contribution in [3.8, 4) is 0 Å². The Kier molecular flexibility index (Phi) is 11.1. The second kappa shape index (κ2) is 13.8. The van der Waals surface area contributed by atoms with Gasteiger partial charge >= 0.3 is 115 Å². The first-order valence-electron chi connectivity index (χ1n) is 11.6. The zero-order chi connectivity index (χ0) is 21.0. The van der Waals surface area contributed by atoms with Crippen molar-refractivity contribution >= 4 is 31.0 Å². The molecule has 0 unspecified atom stereocenters. The maximum absolute atomic E-state index is 6.44. The summed E-state index contributed by atoms with van der Waals surface area (Å²) in [6, 6.07) is 24.7. The minimum absolute atomic E-state index is 0.821. The van der Waals surface area contributed by atoms with Gasteiger partial charge in [-0.15, -0.1) is 29.7 Å². The number of benzene rings is 1. The number of halogens is 2. The Morgan fingerprint density at radius 2 is 1.27 bits per heavy atom. The van der Waals surface area contributed by atoms with E-state index in [-0.39, 0.29) is 0 Å². The summed E-state index contributed by atoms with van der Waals surface area (Å²) in [6.45, 7) is 0. The maximum atomic E-state index is 6.44. The largest absolute Gasteiger partial charge is 0.214 e. The van der Waals surface area contributed by atoms with Crippen LogP contribution in [0, 0.1) is 11.8 Å². The van der Waals surface area contributed by atoms with Crippen LogP contribution in [0.1, 0.15) is 64.2 Å². The Balaban J connectivity index is 0.000000151. The Morgan fingerprint density at radius 3 is 1.73 bits per heavy atom. The summed E-state index contributed by atoms with van der Waals surface area (Å²) in [5.41, 5.74) is 0. The van der Waals surface area contributed by atoms with Crippen molar-refractivity contribution < 1.29 is 18.9 Å². The average molecular weight is 521 g/mol. The van der Waals surface area contributed by atoms with Gasteiger partial charge in [0.05, 0.1) is 0 Å². The van der Waals surface area contributed by atoms with Crippen LogP contribution in [-0.4, -0.2) is 3.21 Å². The molecular formula is C27H34Cl2Zr-2. The molecule has 0 radical (unpaired) electrons. The van der Waals surface area contributed by atoms with Gasteiger partial charge in [-0.2, -0.15) is 35.7 Å². The van der Waals surface area contributed by atoms with Gasteiger partial charge in [-0.05, 0) is 0 Å². The Bertz CT molecular complexity index is 779. The number of hydrogen-bond acceptors (Lipinski definition) is 0. The number of hydrogen-bond donors (Lipinski definition) is 0. The molecule has 162 valence electrons. The van der Waals surface area contributed by atoms with E-state index in [1.165, 1.54) is 75.0 Å². The van der Waals surface area contributed by atoms with E-state index in [9.17, 15) is 0 Å². The molecule has 2 saturated carbocycles. The molecule has 30 heavy (non-hydrogen) atoms. The Labute approximate surface area is 197 Å². The van der Waals surface area contributed by atoms with Crippen molar-refractivity contribution in [2.45, 2.75) is 64.2 Å². The van der Waals surface area contributed by atoms with E-state index in [1.807, 2.05) is 30.3 Å². The molecule has 0 spiro atoms. The summed E-state index contributed by atoms with van der Waals surface area (Å²) in [4.78, 5) is 0. The van der Waals surface area contributed by atoms with Gasteiger partial charge in [-0.25, -0.2) is 12.1 Å². The van der Waals surface area contributed by atoms with Crippen LogP contribution in [0.3, 0.4) is 0 Å². The minimum atomic E-state index is -2.13. The topological polar surface area (TPSA) is 0 Å². The van der Waals surface area contributed by atoms with Gasteiger partial charge in [-0.3, -0.25) is 0 Å². The van der Waals surface area contributed by atoms with Gasteiger partial charge in [-0.1, -0.05) is 6.07 Å². The van der Waals surface area contributed by atoms with Crippen molar-refractivity contribution in [1.29, 1.82) is 0 Å². The standard InChI is InChI=1S/C13H22.C9H7.C5H5.2ClH.Zr/c1-3-7-12(8-4-1)11-13-9-5-2-6-10-13;1-2-5-9-7-3-6-8(9)4-1;1-2-4-5-3-1;;;/h12-13H,1-10H2;1-7H;1-5H;2*1H;/q;2*-1;;;+2/p-2. The van der Waals surface area contributed by atoms with Crippen LogP contribution >= 0.6 is 17.0 Å². The average Bonchev–Trinajstić information content (AvgIpc) is 3.51. The second-order valence-corrected chi connectivity index (χ2v) is 16.8. The Hall–Kier alpha value is -0.487. The molecule has 2 aliphatic rings. The minimum Gasteiger partial charge on any atom is -0.214 e. The van der Waals surface area contributed by atoms with E-state index in [1.54, 1.807) is 3.21 Å². The molecule has 0 saturated heterocycles. The van der Waals surface area contributed by atoms with Gasteiger partial charge in [0, 0.05) is 0 Å². The molecule has 0 aromatic heterocycles. The van der Waals surface area contributed by atoms with Crippen LogP contribution in [-0.2, 0) is 18.9 Å². The summed E-state index contributed by atoms with van der Waals surface area (Å²) < 4.78 is 1.70. The molecule has 0 amide bonds. The zero-order valence-corrected chi connectivity index (χ0v) is 21.9. The molecule has 2 aliphatic carbocycles. The molecule has 2 fully saturated rings. The van der Waals surface area contributed by atoms with Crippen molar-refractivity contribution in [1.82, 2.24) is 0 Å². The van der Waals surface area contributed by atoms with Crippen molar-refractivity contribution in [3.05, 3.63) is 72.8 Å². The predicted molar refractivity (Wildman–Crippen MR) is 131 cm³/mol. The van der Waals surface area contributed by atoms with Crippen LogP contribution in [0.5, 0.6) is 0 Å². The molecule has 3 aromatic carbocycles. The first-order chi connectivity index (χ1) is 14.8. The van der Waals surface area contributed by atoms with Crippen molar-refractivity contribution in [3.63, 3.8) is 0 Å². The molecular weight excluding hydrogens is 486 g/mol. The third kappa shape index (κ3) is 7.89.